The van der Waals surface area contributed by atoms with E-state index in [-0.39, 0.29) is 0 Å². The Labute approximate surface area is 142 Å². The Hall–Kier alpha value is -2.45. The van der Waals surface area contributed by atoms with Gasteiger partial charge in [0.15, 0.2) is 5.11 Å². The first-order valence-corrected chi connectivity index (χ1v) is 8.09. The van der Waals surface area contributed by atoms with Crippen molar-refractivity contribution in [2.75, 3.05) is 12.4 Å². The van der Waals surface area contributed by atoms with Crippen molar-refractivity contribution in [2.45, 2.75) is 6.54 Å². The topological polar surface area (TPSA) is 72.2 Å². The quantitative estimate of drug-likeness (QED) is 0.687. The van der Waals surface area contributed by atoms with E-state index in [1.165, 1.54) is 0 Å². The fraction of sp³-hybridized carbons (Fsp3) is 0.133. The van der Waals surface area contributed by atoms with Crippen molar-refractivity contribution in [1.29, 1.82) is 0 Å². The van der Waals surface area contributed by atoms with E-state index in [0.29, 0.717) is 23.4 Å². The maximum Gasteiger partial charge on any atom is 0.246 e. The van der Waals surface area contributed by atoms with Crippen LogP contribution in [-0.4, -0.2) is 22.4 Å². The van der Waals surface area contributed by atoms with Gasteiger partial charge in [0.25, 0.3) is 0 Å². The van der Waals surface area contributed by atoms with Crippen molar-refractivity contribution < 1.29 is 9.26 Å². The lowest BCUT2D eigenvalue weighted by Gasteiger charge is -2.09. The summed E-state index contributed by atoms with van der Waals surface area (Å²) in [5, 5.41) is 12.5. The molecule has 2 aromatic heterocycles. The maximum absolute atomic E-state index is 5.25. The van der Waals surface area contributed by atoms with Crippen LogP contribution in [-0.2, 0) is 6.54 Å². The number of thiophene rings is 1. The summed E-state index contributed by atoms with van der Waals surface area (Å²) in [6, 6.07) is 11.4. The molecule has 0 saturated carbocycles. The molecule has 0 aliphatic carbocycles. The van der Waals surface area contributed by atoms with Crippen LogP contribution in [0.3, 0.4) is 0 Å². The van der Waals surface area contributed by atoms with Gasteiger partial charge in [-0.3, -0.25) is 0 Å². The molecule has 0 radical (unpaired) electrons. The molecule has 8 heteroatoms. The zero-order valence-corrected chi connectivity index (χ0v) is 13.9. The van der Waals surface area contributed by atoms with Gasteiger partial charge in [0.1, 0.15) is 5.75 Å². The maximum atomic E-state index is 5.25. The van der Waals surface area contributed by atoms with Crippen molar-refractivity contribution in [1.82, 2.24) is 15.5 Å². The van der Waals surface area contributed by atoms with E-state index in [4.69, 9.17) is 21.5 Å². The summed E-state index contributed by atoms with van der Waals surface area (Å²) < 4.78 is 10.4. The predicted octanol–water partition coefficient (Wildman–Crippen LogP) is 3.29. The van der Waals surface area contributed by atoms with Gasteiger partial charge in [-0.1, -0.05) is 17.3 Å². The van der Waals surface area contributed by atoms with Crippen molar-refractivity contribution in [3.05, 3.63) is 47.7 Å². The van der Waals surface area contributed by atoms with Crippen molar-refractivity contribution in [3.63, 3.8) is 0 Å². The van der Waals surface area contributed by atoms with E-state index in [9.17, 15) is 0 Å². The summed E-state index contributed by atoms with van der Waals surface area (Å²) in [5.41, 5.74) is 0.839. The molecule has 0 saturated heterocycles. The summed E-state index contributed by atoms with van der Waals surface area (Å²) in [4.78, 5) is 5.29. The molecule has 2 N–H and O–H groups in total. The molecule has 0 unspecified atom stereocenters. The summed E-state index contributed by atoms with van der Waals surface area (Å²) >= 11 is 6.81. The molecule has 0 aliphatic rings. The fourth-order valence-electron chi connectivity index (χ4n) is 1.86. The molecule has 0 bridgehead atoms. The van der Waals surface area contributed by atoms with E-state index in [1.807, 2.05) is 41.8 Å². The molecule has 0 spiro atoms. The Morgan fingerprint density at radius 3 is 3.04 bits per heavy atom. The highest BCUT2D eigenvalue weighted by atomic mass is 32.1. The zero-order valence-electron chi connectivity index (χ0n) is 12.3. The Bertz CT molecular complexity index is 786. The van der Waals surface area contributed by atoms with Gasteiger partial charge >= 0.3 is 0 Å². The van der Waals surface area contributed by atoms with Crippen LogP contribution < -0.4 is 15.4 Å². The molecule has 0 amide bonds. The van der Waals surface area contributed by atoms with Gasteiger partial charge in [-0.15, -0.1) is 11.3 Å². The SMILES string of the molecule is COc1cccc(NC(=S)NCc2nc(-c3cccs3)no2)c1. The third-order valence-electron chi connectivity index (χ3n) is 2.94. The smallest absolute Gasteiger partial charge is 0.246 e. The highest BCUT2D eigenvalue weighted by Crippen LogP contribution is 2.21. The fourth-order valence-corrected chi connectivity index (χ4v) is 2.70. The summed E-state index contributed by atoms with van der Waals surface area (Å²) in [6.07, 6.45) is 0. The monoisotopic (exact) mass is 346 g/mol. The first-order chi connectivity index (χ1) is 11.2. The van der Waals surface area contributed by atoms with Gasteiger partial charge in [0.05, 0.1) is 18.5 Å². The Balaban J connectivity index is 1.54. The highest BCUT2D eigenvalue weighted by molar-refractivity contribution is 7.80. The molecule has 118 valence electrons. The Kier molecular flexibility index (Phi) is 4.84. The van der Waals surface area contributed by atoms with Gasteiger partial charge in [0, 0.05) is 11.8 Å². The van der Waals surface area contributed by atoms with Crippen LogP contribution in [0.15, 0.2) is 46.3 Å². The van der Waals surface area contributed by atoms with Gasteiger partial charge in [0.2, 0.25) is 11.7 Å². The van der Waals surface area contributed by atoms with Crippen LogP contribution in [0.25, 0.3) is 10.7 Å². The number of anilines is 1. The second kappa shape index (κ2) is 7.21. The second-order valence-electron chi connectivity index (χ2n) is 4.53. The molecule has 23 heavy (non-hydrogen) atoms. The number of benzene rings is 1. The number of hydrogen-bond acceptors (Lipinski definition) is 6. The number of methoxy groups -OCH3 is 1. The average Bonchev–Trinajstić information content (AvgIpc) is 3.24. The Morgan fingerprint density at radius 1 is 1.35 bits per heavy atom. The third-order valence-corrected chi connectivity index (χ3v) is 4.05. The number of hydrogen-bond donors (Lipinski definition) is 2. The molecule has 0 fully saturated rings. The number of nitrogens with one attached hydrogen (secondary N) is 2. The van der Waals surface area contributed by atoms with E-state index in [0.717, 1.165) is 16.3 Å². The van der Waals surface area contributed by atoms with Crippen LogP contribution in [0.2, 0.25) is 0 Å². The van der Waals surface area contributed by atoms with Crippen molar-refractivity contribution in [2.24, 2.45) is 0 Å². The van der Waals surface area contributed by atoms with Crippen LogP contribution in [0.5, 0.6) is 5.75 Å². The molecule has 0 aliphatic heterocycles. The zero-order chi connectivity index (χ0) is 16.1. The first-order valence-electron chi connectivity index (χ1n) is 6.80. The predicted molar refractivity (Wildman–Crippen MR) is 93.7 cm³/mol. The molecule has 2 heterocycles. The van der Waals surface area contributed by atoms with Crippen LogP contribution in [0.4, 0.5) is 5.69 Å². The molecule has 0 atom stereocenters. The summed E-state index contributed by atoms with van der Waals surface area (Å²) in [6.45, 7) is 0.355. The molecular formula is C15H14N4O2S2. The average molecular weight is 346 g/mol. The van der Waals surface area contributed by atoms with Gasteiger partial charge in [-0.05, 0) is 35.8 Å². The lowest BCUT2D eigenvalue weighted by molar-refractivity contribution is 0.376. The largest absolute Gasteiger partial charge is 0.497 e. The number of aromatic nitrogens is 2. The molecular weight excluding hydrogens is 332 g/mol. The minimum atomic E-state index is 0.355. The molecule has 1 aromatic carbocycles. The lowest BCUT2D eigenvalue weighted by atomic mass is 10.3. The third kappa shape index (κ3) is 4.05. The summed E-state index contributed by atoms with van der Waals surface area (Å²) in [5.74, 6) is 1.82. The second-order valence-corrected chi connectivity index (χ2v) is 5.88. The van der Waals surface area contributed by atoms with E-state index < -0.39 is 0 Å². The van der Waals surface area contributed by atoms with Crippen molar-refractivity contribution in [3.8, 4) is 16.5 Å². The van der Waals surface area contributed by atoms with Crippen LogP contribution in [0.1, 0.15) is 5.89 Å². The van der Waals surface area contributed by atoms with E-state index in [1.54, 1.807) is 18.4 Å². The lowest BCUT2D eigenvalue weighted by Crippen LogP contribution is -2.28. The van der Waals surface area contributed by atoms with Gasteiger partial charge < -0.3 is 19.9 Å². The molecule has 3 rings (SSSR count). The minimum Gasteiger partial charge on any atom is -0.497 e. The van der Waals surface area contributed by atoms with E-state index >= 15 is 0 Å². The number of ether oxygens (including phenoxy) is 1. The Morgan fingerprint density at radius 2 is 2.26 bits per heavy atom. The first kappa shape index (κ1) is 15.4. The van der Waals surface area contributed by atoms with Gasteiger partial charge in [-0.2, -0.15) is 4.98 Å². The normalized spacial score (nSPS) is 10.3. The standard InChI is InChI=1S/C15H14N4O2S2/c1-20-11-5-2-4-10(8-11)17-15(22)16-9-13-18-14(19-21-13)12-6-3-7-23-12/h2-8H,9H2,1H3,(H2,16,17,22). The molecule has 6 nitrogen and oxygen atoms in total. The number of nitrogens with zero attached hydrogens (tertiary/aromatic N) is 2. The number of thiocarbonyl (C=S) groups is 1. The minimum absolute atomic E-state index is 0.355. The van der Waals surface area contributed by atoms with E-state index in [2.05, 4.69) is 20.8 Å². The van der Waals surface area contributed by atoms with Crippen LogP contribution in [0, 0.1) is 0 Å². The molecule has 3 aromatic rings. The van der Waals surface area contributed by atoms with Gasteiger partial charge in [-0.25, -0.2) is 0 Å². The van der Waals surface area contributed by atoms with Crippen LogP contribution >= 0.6 is 23.6 Å². The summed E-state index contributed by atoms with van der Waals surface area (Å²) in [7, 11) is 1.62. The van der Waals surface area contributed by atoms with Crippen molar-refractivity contribution >= 4 is 34.4 Å². The highest BCUT2D eigenvalue weighted by Gasteiger charge is 2.09. The number of rotatable bonds is 5.